The molecule has 2 rings (SSSR count). The molecule has 0 saturated carbocycles. The highest BCUT2D eigenvalue weighted by Gasteiger charge is 2.16. The lowest BCUT2D eigenvalue weighted by Gasteiger charge is -2.27. The lowest BCUT2D eigenvalue weighted by Crippen LogP contribution is -2.46. The number of rotatable bonds is 5. The normalized spacial score (nSPS) is 14.8. The van der Waals surface area contributed by atoms with Crippen LogP contribution >= 0.6 is 35.6 Å². The van der Waals surface area contributed by atoms with Crippen LogP contribution in [0.1, 0.15) is 24.8 Å². The molecule has 0 bridgehead atoms. The van der Waals surface area contributed by atoms with E-state index in [0.29, 0.717) is 17.7 Å². The third kappa shape index (κ3) is 7.21. The summed E-state index contributed by atoms with van der Waals surface area (Å²) in [4.78, 5) is 22.2. The number of piperidine rings is 1. The Bertz CT molecular complexity index is 532. The number of pyridine rings is 1. The van der Waals surface area contributed by atoms with Crippen molar-refractivity contribution < 1.29 is 4.79 Å². The zero-order chi connectivity index (χ0) is 16.5. The molecular formula is C16H25ClIN5O. The molecule has 0 atom stereocenters. The molecule has 0 unspecified atom stereocenters. The van der Waals surface area contributed by atoms with Crippen molar-refractivity contribution in [2.45, 2.75) is 25.7 Å². The highest BCUT2D eigenvalue weighted by atomic mass is 127. The van der Waals surface area contributed by atoms with Gasteiger partial charge in [0.25, 0.3) is 0 Å². The van der Waals surface area contributed by atoms with Crippen molar-refractivity contribution >= 4 is 47.4 Å². The van der Waals surface area contributed by atoms with E-state index in [1.807, 2.05) is 11.0 Å². The fraction of sp³-hybridized carbons (Fsp3) is 0.562. The molecule has 1 aromatic heterocycles. The monoisotopic (exact) mass is 465 g/mol. The fourth-order valence-corrected chi connectivity index (χ4v) is 2.63. The minimum Gasteiger partial charge on any atom is -0.356 e. The Morgan fingerprint density at radius 2 is 2.04 bits per heavy atom. The fourth-order valence-electron chi connectivity index (χ4n) is 2.51. The molecule has 2 N–H and O–H groups in total. The van der Waals surface area contributed by atoms with Gasteiger partial charge in [0.1, 0.15) is 5.15 Å². The standard InChI is InChI=1S/C16H24ClN5O.HI/c1-18-16(19-8-7-13-5-6-14(17)20-11-13)21-12-15(23)22-9-3-2-4-10-22;/h5-6,11H,2-4,7-10,12H2,1H3,(H2,18,19,21);1H. The SMILES string of the molecule is CN=C(NCCc1ccc(Cl)nc1)NCC(=O)N1CCCCC1.I. The van der Waals surface area contributed by atoms with Crippen molar-refractivity contribution in [3.63, 3.8) is 0 Å². The van der Waals surface area contributed by atoms with E-state index in [1.165, 1.54) is 6.42 Å². The van der Waals surface area contributed by atoms with E-state index >= 15 is 0 Å². The molecule has 0 aromatic carbocycles. The van der Waals surface area contributed by atoms with Crippen molar-refractivity contribution in [1.82, 2.24) is 20.5 Å². The molecule has 24 heavy (non-hydrogen) atoms. The van der Waals surface area contributed by atoms with Crippen LogP contribution in [0, 0.1) is 0 Å². The highest BCUT2D eigenvalue weighted by molar-refractivity contribution is 14.0. The van der Waals surface area contributed by atoms with E-state index in [-0.39, 0.29) is 36.4 Å². The number of nitrogens with zero attached hydrogens (tertiary/aromatic N) is 3. The number of amides is 1. The van der Waals surface area contributed by atoms with Crippen LogP contribution in [0.3, 0.4) is 0 Å². The van der Waals surface area contributed by atoms with Crippen LogP contribution in [0.4, 0.5) is 0 Å². The van der Waals surface area contributed by atoms with Gasteiger partial charge in [-0.2, -0.15) is 0 Å². The summed E-state index contributed by atoms with van der Waals surface area (Å²) < 4.78 is 0. The maximum atomic E-state index is 12.1. The van der Waals surface area contributed by atoms with Gasteiger partial charge in [0.05, 0.1) is 6.54 Å². The van der Waals surface area contributed by atoms with Crippen LogP contribution in [0.15, 0.2) is 23.3 Å². The van der Waals surface area contributed by atoms with E-state index in [9.17, 15) is 4.79 Å². The first-order valence-corrected chi connectivity index (χ1v) is 8.39. The van der Waals surface area contributed by atoms with E-state index < -0.39 is 0 Å². The second-order valence-electron chi connectivity index (χ2n) is 5.53. The highest BCUT2D eigenvalue weighted by Crippen LogP contribution is 2.08. The van der Waals surface area contributed by atoms with E-state index in [0.717, 1.165) is 37.9 Å². The van der Waals surface area contributed by atoms with E-state index in [1.54, 1.807) is 19.3 Å². The van der Waals surface area contributed by atoms with Crippen LogP contribution in [0.5, 0.6) is 0 Å². The predicted molar refractivity (Wildman–Crippen MR) is 108 cm³/mol. The summed E-state index contributed by atoms with van der Waals surface area (Å²) in [5.74, 6) is 0.770. The van der Waals surface area contributed by atoms with Gasteiger partial charge in [-0.05, 0) is 37.3 Å². The molecule has 0 aliphatic carbocycles. The number of carbonyl (C=O) groups is 1. The zero-order valence-electron chi connectivity index (χ0n) is 13.9. The average Bonchev–Trinajstić information content (AvgIpc) is 2.60. The Labute approximate surface area is 165 Å². The topological polar surface area (TPSA) is 69.6 Å². The first kappa shape index (κ1) is 21.0. The third-order valence-electron chi connectivity index (χ3n) is 3.83. The molecule has 0 radical (unpaired) electrons. The number of carbonyl (C=O) groups excluding carboxylic acids is 1. The van der Waals surface area contributed by atoms with Crippen molar-refractivity contribution in [1.29, 1.82) is 0 Å². The van der Waals surface area contributed by atoms with Gasteiger partial charge in [0.2, 0.25) is 5.91 Å². The van der Waals surface area contributed by atoms with Crippen molar-refractivity contribution in [2.75, 3.05) is 33.2 Å². The number of halogens is 2. The summed E-state index contributed by atoms with van der Waals surface area (Å²) in [5, 5.41) is 6.77. The Morgan fingerprint density at radius 3 is 2.67 bits per heavy atom. The largest absolute Gasteiger partial charge is 0.356 e. The summed E-state index contributed by atoms with van der Waals surface area (Å²) in [7, 11) is 1.70. The molecule has 1 fully saturated rings. The molecule has 134 valence electrons. The van der Waals surface area contributed by atoms with Gasteiger partial charge in [-0.15, -0.1) is 24.0 Å². The molecule has 1 aromatic rings. The van der Waals surface area contributed by atoms with Crippen molar-refractivity contribution in [2.24, 2.45) is 4.99 Å². The minimum atomic E-state index is 0. The summed E-state index contributed by atoms with van der Waals surface area (Å²) in [6.45, 7) is 2.73. The Morgan fingerprint density at radius 1 is 1.29 bits per heavy atom. The smallest absolute Gasteiger partial charge is 0.241 e. The first-order valence-electron chi connectivity index (χ1n) is 8.02. The van der Waals surface area contributed by atoms with Gasteiger partial charge in [-0.1, -0.05) is 17.7 Å². The first-order chi connectivity index (χ1) is 11.2. The van der Waals surface area contributed by atoms with Gasteiger partial charge >= 0.3 is 0 Å². The van der Waals surface area contributed by atoms with Crippen LogP contribution in [0.2, 0.25) is 5.15 Å². The number of hydrogen-bond acceptors (Lipinski definition) is 3. The summed E-state index contributed by atoms with van der Waals surface area (Å²) in [6.07, 6.45) is 6.01. The molecule has 2 heterocycles. The quantitative estimate of drug-likeness (QED) is 0.302. The van der Waals surface area contributed by atoms with Gasteiger partial charge < -0.3 is 15.5 Å². The van der Waals surface area contributed by atoms with E-state index in [4.69, 9.17) is 11.6 Å². The van der Waals surface area contributed by atoms with Gasteiger partial charge in [0.15, 0.2) is 5.96 Å². The second-order valence-corrected chi connectivity index (χ2v) is 5.92. The lowest BCUT2D eigenvalue weighted by molar-refractivity contribution is -0.130. The predicted octanol–water partition coefficient (Wildman–Crippen LogP) is 2.07. The van der Waals surface area contributed by atoms with Gasteiger partial charge in [-0.3, -0.25) is 9.79 Å². The van der Waals surface area contributed by atoms with Crippen LogP contribution < -0.4 is 10.6 Å². The molecule has 1 aliphatic rings. The molecular weight excluding hydrogens is 441 g/mol. The van der Waals surface area contributed by atoms with Gasteiger partial charge in [0, 0.05) is 32.9 Å². The average molecular weight is 466 g/mol. The van der Waals surface area contributed by atoms with Crippen LogP contribution in [0.25, 0.3) is 0 Å². The molecule has 1 aliphatic heterocycles. The van der Waals surface area contributed by atoms with E-state index in [2.05, 4.69) is 20.6 Å². The summed E-state index contributed by atoms with van der Waals surface area (Å²) in [5.41, 5.74) is 1.10. The minimum absolute atomic E-state index is 0. The molecule has 1 amide bonds. The summed E-state index contributed by atoms with van der Waals surface area (Å²) in [6, 6.07) is 3.73. The number of aromatic nitrogens is 1. The number of aliphatic imine (C=N–C) groups is 1. The van der Waals surface area contributed by atoms with Crippen LogP contribution in [-0.4, -0.2) is 55.0 Å². The molecule has 1 saturated heterocycles. The maximum Gasteiger partial charge on any atom is 0.241 e. The Balaban J connectivity index is 0.00000288. The Hall–Kier alpha value is -1.09. The van der Waals surface area contributed by atoms with Gasteiger partial charge in [-0.25, -0.2) is 4.98 Å². The number of guanidine groups is 1. The maximum absolute atomic E-state index is 12.1. The number of hydrogen-bond donors (Lipinski definition) is 2. The Kier molecular flexibility index (Phi) is 10.0. The zero-order valence-corrected chi connectivity index (χ0v) is 17.0. The van der Waals surface area contributed by atoms with Crippen molar-refractivity contribution in [3.8, 4) is 0 Å². The number of likely N-dealkylation sites (tertiary alicyclic amines) is 1. The third-order valence-corrected chi connectivity index (χ3v) is 4.06. The number of nitrogens with one attached hydrogen (secondary N) is 2. The molecule has 8 heteroatoms. The molecule has 6 nitrogen and oxygen atoms in total. The van der Waals surface area contributed by atoms with Crippen molar-refractivity contribution in [3.05, 3.63) is 29.0 Å². The lowest BCUT2D eigenvalue weighted by atomic mass is 10.1. The summed E-state index contributed by atoms with van der Waals surface area (Å²) >= 11 is 5.76. The van der Waals surface area contributed by atoms with Crippen LogP contribution in [-0.2, 0) is 11.2 Å². The second kappa shape index (κ2) is 11.5. The molecule has 0 spiro atoms.